The van der Waals surface area contributed by atoms with Crippen molar-refractivity contribution in [2.75, 3.05) is 6.54 Å². The highest BCUT2D eigenvalue weighted by atomic mass is 16.4. The highest BCUT2D eigenvalue weighted by Crippen LogP contribution is 2.07. The first kappa shape index (κ1) is 30.5. The van der Waals surface area contributed by atoms with E-state index in [1.807, 2.05) is 0 Å². The molecule has 4 amide bonds. The quantitative estimate of drug-likeness (QED) is 0.110. The van der Waals surface area contributed by atoms with Crippen LogP contribution in [-0.4, -0.2) is 76.6 Å². The molecule has 0 heterocycles. The zero-order chi connectivity index (χ0) is 27.3. The van der Waals surface area contributed by atoms with Crippen molar-refractivity contribution in [3.8, 4) is 0 Å². The highest BCUT2D eigenvalue weighted by molar-refractivity contribution is 5.95. The summed E-state index contributed by atoms with van der Waals surface area (Å²) in [5.74, 6) is -4.61. The number of aliphatic hydroxyl groups excluding tert-OH is 1. The summed E-state index contributed by atoms with van der Waals surface area (Å²) in [5.41, 5.74) is 16.8. The maximum absolute atomic E-state index is 13.0. The maximum atomic E-state index is 13.0. The molecule has 5 atom stereocenters. The molecule has 36 heavy (non-hydrogen) atoms. The second-order valence-electron chi connectivity index (χ2n) is 8.44. The van der Waals surface area contributed by atoms with Gasteiger partial charge in [-0.2, -0.15) is 0 Å². The van der Waals surface area contributed by atoms with Crippen LogP contribution in [0.25, 0.3) is 0 Å². The number of aliphatic hydroxyl groups is 1. The summed E-state index contributed by atoms with van der Waals surface area (Å²) in [4.78, 5) is 60.9. The van der Waals surface area contributed by atoms with Gasteiger partial charge in [-0.1, -0.05) is 30.3 Å². The van der Waals surface area contributed by atoms with Crippen LogP contribution in [0.4, 0.5) is 0 Å². The minimum absolute atomic E-state index is 0.0160. The Morgan fingerprint density at radius 2 is 1.53 bits per heavy atom. The number of hydrogen-bond donors (Lipinski definition) is 8. The van der Waals surface area contributed by atoms with Crippen LogP contribution >= 0.6 is 0 Å². The molecule has 13 nitrogen and oxygen atoms in total. The maximum Gasteiger partial charge on any atom is 0.326 e. The summed E-state index contributed by atoms with van der Waals surface area (Å²) >= 11 is 0. The zero-order valence-corrected chi connectivity index (χ0v) is 20.2. The Labute approximate surface area is 209 Å². The predicted octanol–water partition coefficient (Wildman–Crippen LogP) is -2.52. The van der Waals surface area contributed by atoms with E-state index < -0.39 is 66.3 Å². The molecule has 1 aromatic rings. The highest BCUT2D eigenvalue weighted by Gasteiger charge is 2.32. The first-order chi connectivity index (χ1) is 17.0. The molecule has 0 saturated heterocycles. The Morgan fingerprint density at radius 3 is 2.06 bits per heavy atom. The van der Waals surface area contributed by atoms with Crippen LogP contribution in [-0.2, 0) is 30.4 Å². The zero-order valence-electron chi connectivity index (χ0n) is 20.2. The third-order valence-corrected chi connectivity index (χ3v) is 5.30. The lowest BCUT2D eigenvalue weighted by atomic mass is 10.0. The van der Waals surface area contributed by atoms with Crippen LogP contribution in [0.1, 0.15) is 38.2 Å². The molecule has 1 rings (SSSR count). The van der Waals surface area contributed by atoms with Gasteiger partial charge in [-0.3, -0.25) is 19.2 Å². The number of nitrogens with two attached hydrogens (primary N) is 3. The van der Waals surface area contributed by atoms with Crippen molar-refractivity contribution in [1.82, 2.24) is 16.0 Å². The molecule has 0 aromatic heterocycles. The molecule has 0 radical (unpaired) electrons. The Bertz CT molecular complexity index is 896. The molecule has 200 valence electrons. The minimum Gasteiger partial charge on any atom is -0.480 e. The lowest BCUT2D eigenvalue weighted by Crippen LogP contribution is -2.60. The fourth-order valence-electron chi connectivity index (χ4n) is 3.32. The van der Waals surface area contributed by atoms with Crippen LogP contribution in [0.2, 0.25) is 0 Å². The van der Waals surface area contributed by atoms with Gasteiger partial charge in [0, 0.05) is 6.42 Å². The van der Waals surface area contributed by atoms with Crippen LogP contribution in [0.3, 0.4) is 0 Å². The number of nitrogens with one attached hydrogen (secondary N) is 3. The van der Waals surface area contributed by atoms with Crippen LogP contribution in [0.5, 0.6) is 0 Å². The number of benzene rings is 1. The number of hydrogen-bond acceptors (Lipinski definition) is 8. The second kappa shape index (κ2) is 15.4. The number of primary amides is 1. The third kappa shape index (κ3) is 10.8. The average molecular weight is 509 g/mol. The van der Waals surface area contributed by atoms with E-state index in [0.29, 0.717) is 24.9 Å². The molecule has 13 heteroatoms. The van der Waals surface area contributed by atoms with E-state index in [1.165, 1.54) is 6.92 Å². The topological polar surface area (TPSA) is 240 Å². The summed E-state index contributed by atoms with van der Waals surface area (Å²) in [6.45, 7) is 1.60. The van der Waals surface area contributed by atoms with Crippen molar-refractivity contribution in [3.63, 3.8) is 0 Å². The molecular formula is C23H36N6O7. The largest absolute Gasteiger partial charge is 0.480 e. The monoisotopic (exact) mass is 508 g/mol. The fourth-order valence-corrected chi connectivity index (χ4v) is 3.32. The second-order valence-corrected chi connectivity index (χ2v) is 8.44. The number of aliphatic carboxylic acids is 1. The molecular weight excluding hydrogens is 472 g/mol. The summed E-state index contributed by atoms with van der Waals surface area (Å²) in [5, 5.41) is 26.8. The lowest BCUT2D eigenvalue weighted by Gasteiger charge is -2.26. The molecule has 0 saturated carbocycles. The molecule has 0 bridgehead atoms. The molecule has 0 aliphatic carbocycles. The molecule has 1 aromatic carbocycles. The van der Waals surface area contributed by atoms with Crippen LogP contribution < -0.4 is 33.2 Å². The van der Waals surface area contributed by atoms with Gasteiger partial charge in [-0.25, -0.2) is 4.79 Å². The fraction of sp³-hybridized carbons (Fsp3) is 0.522. The number of rotatable bonds is 16. The molecule has 11 N–H and O–H groups in total. The van der Waals surface area contributed by atoms with Crippen LogP contribution in [0, 0.1) is 0 Å². The van der Waals surface area contributed by atoms with Gasteiger partial charge in [0.2, 0.25) is 23.6 Å². The van der Waals surface area contributed by atoms with Gasteiger partial charge < -0.3 is 43.4 Å². The molecule has 5 unspecified atom stereocenters. The van der Waals surface area contributed by atoms with Gasteiger partial charge in [-0.15, -0.1) is 0 Å². The Morgan fingerprint density at radius 1 is 0.917 bits per heavy atom. The first-order valence-corrected chi connectivity index (χ1v) is 11.6. The number of carbonyl (C=O) groups is 5. The molecule has 0 aliphatic heterocycles. The molecule has 0 aliphatic rings. The summed E-state index contributed by atoms with van der Waals surface area (Å²) in [6, 6.07) is 3.36. The number of amides is 4. The van der Waals surface area contributed by atoms with Crippen molar-refractivity contribution in [2.24, 2.45) is 17.2 Å². The Hall–Kier alpha value is -3.55. The Kier molecular flexibility index (Phi) is 13.1. The summed E-state index contributed by atoms with van der Waals surface area (Å²) < 4.78 is 0. The van der Waals surface area contributed by atoms with E-state index in [4.69, 9.17) is 17.2 Å². The van der Waals surface area contributed by atoms with E-state index in [2.05, 4.69) is 16.0 Å². The van der Waals surface area contributed by atoms with E-state index >= 15 is 0 Å². The van der Waals surface area contributed by atoms with Crippen molar-refractivity contribution >= 4 is 29.6 Å². The molecule has 0 fully saturated rings. The number of carbonyl (C=O) groups excluding carboxylic acids is 4. The Balaban J connectivity index is 2.95. The summed E-state index contributed by atoms with van der Waals surface area (Å²) in [7, 11) is 0. The lowest BCUT2D eigenvalue weighted by molar-refractivity contribution is -0.143. The normalized spacial score (nSPS) is 15.0. The van der Waals surface area contributed by atoms with Gasteiger partial charge in [0.1, 0.15) is 18.1 Å². The first-order valence-electron chi connectivity index (χ1n) is 11.6. The van der Waals surface area contributed by atoms with Crippen molar-refractivity contribution in [3.05, 3.63) is 35.9 Å². The number of unbranched alkanes of at least 4 members (excludes halogenated alkanes) is 1. The van der Waals surface area contributed by atoms with Gasteiger partial charge in [0.05, 0.1) is 18.6 Å². The van der Waals surface area contributed by atoms with Crippen LogP contribution in [0.15, 0.2) is 30.3 Å². The SMILES string of the molecule is CC(O)C(NC(=O)C(CCCCN)NC(=O)C(N)CC(N)=O)C(=O)NC(Cc1ccccc1)C(=O)O. The van der Waals surface area contributed by atoms with Crippen molar-refractivity contribution in [1.29, 1.82) is 0 Å². The van der Waals surface area contributed by atoms with E-state index in [1.54, 1.807) is 30.3 Å². The van der Waals surface area contributed by atoms with Gasteiger partial charge in [0.15, 0.2) is 0 Å². The van der Waals surface area contributed by atoms with Crippen molar-refractivity contribution in [2.45, 2.75) is 69.3 Å². The van der Waals surface area contributed by atoms with E-state index in [9.17, 15) is 34.2 Å². The van der Waals surface area contributed by atoms with Gasteiger partial charge in [0.25, 0.3) is 0 Å². The van der Waals surface area contributed by atoms with Crippen molar-refractivity contribution < 1.29 is 34.2 Å². The summed E-state index contributed by atoms with van der Waals surface area (Å²) in [6.07, 6.45) is -0.704. The number of carboxylic acids is 1. The predicted molar refractivity (Wildman–Crippen MR) is 130 cm³/mol. The number of carboxylic acid groups (broad SMARTS) is 1. The molecule has 0 spiro atoms. The van der Waals surface area contributed by atoms with E-state index in [0.717, 1.165) is 0 Å². The smallest absolute Gasteiger partial charge is 0.326 e. The van der Waals surface area contributed by atoms with E-state index in [-0.39, 0.29) is 12.8 Å². The van der Waals surface area contributed by atoms with Gasteiger partial charge in [-0.05, 0) is 38.3 Å². The average Bonchev–Trinajstić information content (AvgIpc) is 2.81. The minimum atomic E-state index is -1.51. The van der Waals surface area contributed by atoms with Gasteiger partial charge >= 0.3 is 5.97 Å². The standard InChI is InChI=1S/C23H36N6O7/c1-13(30)19(22(34)28-17(23(35)36)11-14-7-3-2-4-8-14)29-21(33)16(9-5-6-10-24)27-20(32)15(25)12-18(26)31/h2-4,7-8,13,15-17,19,30H,5-6,9-12,24-25H2,1H3,(H2,26,31)(H,27,32)(H,28,34)(H,29,33)(H,35,36). The third-order valence-electron chi connectivity index (χ3n) is 5.30.